The first-order chi connectivity index (χ1) is 15.2. The normalized spacial score (nSPS) is 20.0. The number of pyridine rings is 1. The first-order valence-electron chi connectivity index (χ1n) is 12.6. The molecule has 0 bridgehead atoms. The molecule has 1 saturated heterocycles. The van der Waals surface area contributed by atoms with Gasteiger partial charge in [-0.25, -0.2) is 9.78 Å². The van der Waals surface area contributed by atoms with E-state index in [1.807, 2.05) is 27.0 Å². The van der Waals surface area contributed by atoms with Crippen molar-refractivity contribution in [2.45, 2.75) is 97.1 Å². The van der Waals surface area contributed by atoms with Crippen molar-refractivity contribution in [3.8, 4) is 0 Å². The third kappa shape index (κ3) is 8.27. The minimum atomic E-state index is -0.441. The van der Waals surface area contributed by atoms with Crippen LogP contribution in [0.1, 0.15) is 84.1 Å². The molecular weight excluding hydrogens is 400 g/mol. The maximum atomic E-state index is 12.0. The van der Waals surface area contributed by atoms with Crippen LogP contribution in [0.2, 0.25) is 0 Å². The summed E-state index contributed by atoms with van der Waals surface area (Å²) in [6.07, 6.45) is 12.9. The van der Waals surface area contributed by atoms with E-state index in [4.69, 9.17) is 4.74 Å². The quantitative estimate of drug-likeness (QED) is 0.552. The van der Waals surface area contributed by atoms with Crippen molar-refractivity contribution in [2.24, 2.45) is 5.41 Å². The first-order valence-corrected chi connectivity index (χ1v) is 12.6. The van der Waals surface area contributed by atoms with Gasteiger partial charge >= 0.3 is 6.09 Å². The van der Waals surface area contributed by atoms with Crippen molar-refractivity contribution < 1.29 is 9.53 Å². The summed E-state index contributed by atoms with van der Waals surface area (Å²) < 4.78 is 5.40. The van der Waals surface area contributed by atoms with Crippen LogP contribution in [-0.4, -0.2) is 53.8 Å². The number of ether oxygens (including phenoxy) is 1. The summed E-state index contributed by atoms with van der Waals surface area (Å²) in [5.74, 6) is 0.993. The van der Waals surface area contributed by atoms with Crippen molar-refractivity contribution in [1.82, 2.24) is 15.2 Å². The van der Waals surface area contributed by atoms with Gasteiger partial charge in [-0.1, -0.05) is 25.3 Å². The second-order valence-corrected chi connectivity index (χ2v) is 11.0. The van der Waals surface area contributed by atoms with E-state index in [9.17, 15) is 4.79 Å². The van der Waals surface area contributed by atoms with E-state index < -0.39 is 5.60 Å². The zero-order valence-corrected chi connectivity index (χ0v) is 20.7. The molecule has 3 rings (SSSR count). The molecule has 6 heteroatoms. The fraction of sp³-hybridized carbons (Fsp3) is 0.769. The third-order valence-electron chi connectivity index (χ3n) is 7.05. The topological polar surface area (TPSA) is 66.5 Å². The molecule has 1 amide bonds. The Kier molecular flexibility index (Phi) is 8.80. The van der Waals surface area contributed by atoms with Crippen molar-refractivity contribution in [2.75, 3.05) is 31.5 Å². The van der Waals surface area contributed by atoms with Crippen LogP contribution in [0.25, 0.3) is 0 Å². The van der Waals surface area contributed by atoms with Gasteiger partial charge in [0, 0.05) is 31.9 Å². The van der Waals surface area contributed by atoms with Crippen LogP contribution in [0.4, 0.5) is 10.6 Å². The number of nitrogens with zero attached hydrogens (tertiary/aromatic N) is 2. The lowest BCUT2D eigenvalue weighted by molar-refractivity contribution is 0.0508. The Balaban J connectivity index is 1.41. The molecule has 0 spiro atoms. The number of rotatable bonds is 8. The van der Waals surface area contributed by atoms with Gasteiger partial charge in [-0.05, 0) is 89.8 Å². The molecule has 0 atom stereocenters. The molecule has 0 radical (unpaired) electrons. The summed E-state index contributed by atoms with van der Waals surface area (Å²) in [5.41, 5.74) is 1.13. The number of hydrogen-bond donors (Lipinski definition) is 2. The summed E-state index contributed by atoms with van der Waals surface area (Å²) in [5, 5.41) is 6.60. The average Bonchev–Trinajstić information content (AvgIpc) is 2.74. The molecule has 1 aliphatic heterocycles. The number of amides is 1. The van der Waals surface area contributed by atoms with Gasteiger partial charge in [0.15, 0.2) is 0 Å². The molecule has 2 heterocycles. The minimum Gasteiger partial charge on any atom is -0.444 e. The van der Waals surface area contributed by atoms with Gasteiger partial charge in [0.2, 0.25) is 0 Å². The number of likely N-dealkylation sites (tertiary alicyclic amines) is 1. The number of piperidine rings is 1. The SMILES string of the molecule is Cc1ccc(NC2CCN(CCC3(CCNC(=O)OC(C)(C)C)CCCCC3)CC2)nc1. The van der Waals surface area contributed by atoms with E-state index in [-0.39, 0.29) is 6.09 Å². The monoisotopic (exact) mass is 444 g/mol. The van der Waals surface area contributed by atoms with Crippen molar-refractivity contribution in [3.05, 3.63) is 23.9 Å². The highest BCUT2D eigenvalue weighted by Gasteiger charge is 2.32. The molecule has 2 fully saturated rings. The van der Waals surface area contributed by atoms with Crippen molar-refractivity contribution >= 4 is 11.9 Å². The maximum Gasteiger partial charge on any atom is 0.407 e. The standard InChI is InChI=1S/C26H44N4O2/c1-21-8-9-23(28-20-21)29-22-10-17-30(18-11-22)19-15-26(12-6-5-7-13-26)14-16-27-24(31)32-25(2,3)4/h8-9,20,22H,5-7,10-19H2,1-4H3,(H,27,31)(H,28,29). The smallest absolute Gasteiger partial charge is 0.407 e. The van der Waals surface area contributed by atoms with Gasteiger partial charge in [0.05, 0.1) is 0 Å². The lowest BCUT2D eigenvalue weighted by atomic mass is 9.69. The number of nitrogens with one attached hydrogen (secondary N) is 2. The Bertz CT molecular complexity index is 700. The van der Waals surface area contributed by atoms with Gasteiger partial charge in [0.1, 0.15) is 11.4 Å². The molecule has 1 aromatic heterocycles. The fourth-order valence-electron chi connectivity index (χ4n) is 5.13. The van der Waals surface area contributed by atoms with E-state index in [2.05, 4.69) is 39.6 Å². The highest BCUT2D eigenvalue weighted by atomic mass is 16.6. The average molecular weight is 445 g/mol. The fourth-order valence-corrected chi connectivity index (χ4v) is 5.13. The number of carbonyl (C=O) groups is 1. The van der Waals surface area contributed by atoms with Gasteiger partial charge in [-0.2, -0.15) is 0 Å². The highest BCUT2D eigenvalue weighted by Crippen LogP contribution is 2.42. The van der Waals surface area contributed by atoms with E-state index in [1.165, 1.54) is 63.5 Å². The summed E-state index contributed by atoms with van der Waals surface area (Å²) in [4.78, 5) is 19.2. The van der Waals surface area contributed by atoms with Crippen LogP contribution in [-0.2, 0) is 4.74 Å². The molecule has 1 aromatic rings. The molecule has 1 aliphatic carbocycles. The van der Waals surface area contributed by atoms with Crippen LogP contribution < -0.4 is 10.6 Å². The predicted octanol–water partition coefficient (Wildman–Crippen LogP) is 5.52. The molecule has 2 aliphatic rings. The highest BCUT2D eigenvalue weighted by molar-refractivity contribution is 5.67. The number of hydrogen-bond acceptors (Lipinski definition) is 5. The second-order valence-electron chi connectivity index (χ2n) is 11.0. The molecule has 32 heavy (non-hydrogen) atoms. The van der Waals surface area contributed by atoms with Crippen LogP contribution in [0.5, 0.6) is 0 Å². The van der Waals surface area contributed by atoms with Gasteiger partial charge in [-0.3, -0.25) is 0 Å². The summed E-state index contributed by atoms with van der Waals surface area (Å²) in [7, 11) is 0. The minimum absolute atomic E-state index is 0.291. The third-order valence-corrected chi connectivity index (χ3v) is 7.05. The van der Waals surface area contributed by atoms with Crippen LogP contribution >= 0.6 is 0 Å². The molecule has 6 nitrogen and oxygen atoms in total. The largest absolute Gasteiger partial charge is 0.444 e. The van der Waals surface area contributed by atoms with Crippen LogP contribution in [0.3, 0.4) is 0 Å². The van der Waals surface area contributed by atoms with E-state index in [1.54, 1.807) is 0 Å². The Morgan fingerprint density at radius 2 is 1.88 bits per heavy atom. The lowest BCUT2D eigenvalue weighted by Gasteiger charge is -2.40. The van der Waals surface area contributed by atoms with Gasteiger partial charge in [-0.15, -0.1) is 0 Å². The van der Waals surface area contributed by atoms with Gasteiger partial charge in [0.25, 0.3) is 0 Å². The maximum absolute atomic E-state index is 12.0. The number of alkyl carbamates (subject to hydrolysis) is 1. The zero-order valence-electron chi connectivity index (χ0n) is 20.7. The number of aromatic nitrogens is 1. The number of aryl methyl sites for hydroxylation is 1. The van der Waals surface area contributed by atoms with Crippen LogP contribution in [0.15, 0.2) is 18.3 Å². The molecule has 0 unspecified atom stereocenters. The number of anilines is 1. The van der Waals surface area contributed by atoms with E-state index >= 15 is 0 Å². The van der Waals surface area contributed by atoms with E-state index in [0.29, 0.717) is 18.0 Å². The van der Waals surface area contributed by atoms with E-state index in [0.717, 1.165) is 25.3 Å². The Morgan fingerprint density at radius 3 is 2.50 bits per heavy atom. The first kappa shape index (κ1) is 24.8. The second kappa shape index (κ2) is 11.4. The van der Waals surface area contributed by atoms with Crippen LogP contribution in [0, 0.1) is 12.3 Å². The van der Waals surface area contributed by atoms with Gasteiger partial charge < -0.3 is 20.3 Å². The summed E-state index contributed by atoms with van der Waals surface area (Å²) >= 11 is 0. The Labute approximate surface area is 194 Å². The van der Waals surface area contributed by atoms with Crippen molar-refractivity contribution in [3.63, 3.8) is 0 Å². The Hall–Kier alpha value is -1.82. The summed E-state index contributed by atoms with van der Waals surface area (Å²) in [6.45, 7) is 12.0. The molecule has 2 N–H and O–H groups in total. The summed E-state index contributed by atoms with van der Waals surface area (Å²) in [6, 6.07) is 4.72. The van der Waals surface area contributed by atoms with Crippen molar-refractivity contribution in [1.29, 1.82) is 0 Å². The predicted molar refractivity (Wildman–Crippen MR) is 131 cm³/mol. The molecule has 0 aromatic carbocycles. The lowest BCUT2D eigenvalue weighted by Crippen LogP contribution is -2.42. The molecule has 180 valence electrons. The Morgan fingerprint density at radius 1 is 1.16 bits per heavy atom. The number of carbonyl (C=O) groups excluding carboxylic acids is 1. The molecule has 1 saturated carbocycles. The zero-order chi connectivity index (χ0) is 23.0. The molecular formula is C26H44N4O2.